The molecule has 2 aromatic heterocycles. The highest BCUT2D eigenvalue weighted by atomic mass is 16.5. The summed E-state index contributed by atoms with van der Waals surface area (Å²) in [5, 5.41) is 6.52. The molecule has 0 spiro atoms. The minimum Gasteiger partial charge on any atom is -0.361 e. The van der Waals surface area contributed by atoms with Crippen LogP contribution in [0.1, 0.15) is 29.6 Å². The van der Waals surface area contributed by atoms with E-state index in [2.05, 4.69) is 15.5 Å². The van der Waals surface area contributed by atoms with Gasteiger partial charge in [0.15, 0.2) is 5.69 Å². The van der Waals surface area contributed by atoms with Crippen molar-refractivity contribution in [2.45, 2.75) is 26.3 Å². The van der Waals surface area contributed by atoms with Crippen LogP contribution in [0.25, 0.3) is 0 Å². The first kappa shape index (κ1) is 12.3. The number of rotatable bonds is 6. The van der Waals surface area contributed by atoms with Gasteiger partial charge in [-0.15, -0.1) is 0 Å². The third-order valence-corrected chi connectivity index (χ3v) is 2.58. The van der Waals surface area contributed by atoms with Gasteiger partial charge in [0.2, 0.25) is 0 Å². The first-order valence-electron chi connectivity index (χ1n) is 5.99. The fourth-order valence-electron chi connectivity index (χ4n) is 1.56. The summed E-state index contributed by atoms with van der Waals surface area (Å²) in [5.41, 5.74) is 0.342. The minimum absolute atomic E-state index is 0.191. The molecular weight excluding hydrogens is 232 g/mol. The molecule has 2 heterocycles. The van der Waals surface area contributed by atoms with Crippen LogP contribution in [0.2, 0.25) is 0 Å². The number of amides is 1. The number of imidazole rings is 1. The number of nitrogens with zero attached hydrogens (tertiary/aromatic N) is 3. The van der Waals surface area contributed by atoms with Gasteiger partial charge < -0.3 is 14.4 Å². The van der Waals surface area contributed by atoms with Gasteiger partial charge in [-0.25, -0.2) is 4.98 Å². The molecule has 18 heavy (non-hydrogen) atoms. The minimum atomic E-state index is -0.191. The monoisotopic (exact) mass is 248 g/mol. The lowest BCUT2D eigenvalue weighted by molar-refractivity contribution is 0.0943. The molecule has 2 rings (SSSR count). The van der Waals surface area contributed by atoms with E-state index in [1.165, 1.54) is 0 Å². The van der Waals surface area contributed by atoms with Gasteiger partial charge in [-0.05, 0) is 6.42 Å². The number of carbonyl (C=O) groups excluding carboxylic acids is 1. The van der Waals surface area contributed by atoms with Crippen molar-refractivity contribution in [2.75, 3.05) is 6.54 Å². The summed E-state index contributed by atoms with van der Waals surface area (Å²) >= 11 is 0. The Bertz CT molecular complexity index is 490. The topological polar surface area (TPSA) is 73.0 Å². The highest BCUT2D eigenvalue weighted by molar-refractivity contribution is 5.92. The van der Waals surface area contributed by atoms with E-state index in [1.54, 1.807) is 18.6 Å². The van der Waals surface area contributed by atoms with Crippen LogP contribution in [0.4, 0.5) is 0 Å². The van der Waals surface area contributed by atoms with Crippen molar-refractivity contribution in [3.8, 4) is 0 Å². The molecule has 0 aliphatic carbocycles. The molecule has 1 amide bonds. The lowest BCUT2D eigenvalue weighted by Crippen LogP contribution is -2.25. The van der Waals surface area contributed by atoms with Crippen molar-refractivity contribution in [1.82, 2.24) is 20.0 Å². The predicted molar refractivity (Wildman–Crippen MR) is 65.1 cm³/mol. The lowest BCUT2D eigenvalue weighted by atomic mass is 10.3. The summed E-state index contributed by atoms with van der Waals surface area (Å²) in [6, 6.07) is 1.67. The Hall–Kier alpha value is -2.11. The summed E-state index contributed by atoms with van der Waals surface area (Å²) in [6.45, 7) is 3.39. The van der Waals surface area contributed by atoms with Crippen molar-refractivity contribution < 1.29 is 9.32 Å². The molecule has 0 aromatic carbocycles. The van der Waals surface area contributed by atoms with Crippen LogP contribution in [0, 0.1) is 0 Å². The van der Waals surface area contributed by atoms with E-state index in [0.29, 0.717) is 12.2 Å². The van der Waals surface area contributed by atoms with Crippen molar-refractivity contribution in [1.29, 1.82) is 0 Å². The molecule has 0 unspecified atom stereocenters. The number of hydrogen-bond acceptors (Lipinski definition) is 4. The second-order valence-corrected chi connectivity index (χ2v) is 3.94. The van der Waals surface area contributed by atoms with E-state index in [-0.39, 0.29) is 5.91 Å². The summed E-state index contributed by atoms with van der Waals surface area (Å²) in [5.74, 6) is 0.530. The van der Waals surface area contributed by atoms with Gasteiger partial charge in [0, 0.05) is 38.0 Å². The molecule has 0 fully saturated rings. The zero-order valence-corrected chi connectivity index (χ0v) is 10.3. The highest BCUT2D eigenvalue weighted by Gasteiger charge is 2.10. The maximum atomic E-state index is 11.7. The van der Waals surface area contributed by atoms with E-state index < -0.39 is 0 Å². The maximum Gasteiger partial charge on any atom is 0.273 e. The molecule has 0 bridgehead atoms. The summed E-state index contributed by atoms with van der Waals surface area (Å²) in [4.78, 5) is 15.6. The summed E-state index contributed by atoms with van der Waals surface area (Å²) in [6.07, 6.45) is 6.97. The van der Waals surface area contributed by atoms with E-state index in [0.717, 1.165) is 25.1 Å². The molecule has 6 heteroatoms. The molecule has 1 N–H and O–H groups in total. The fraction of sp³-hybridized carbons (Fsp3) is 0.417. The Morgan fingerprint density at radius 1 is 1.56 bits per heavy atom. The molecule has 0 atom stereocenters. The molecule has 96 valence electrons. The van der Waals surface area contributed by atoms with Crippen LogP contribution in [-0.2, 0) is 13.0 Å². The van der Waals surface area contributed by atoms with Crippen LogP contribution in [0.3, 0.4) is 0 Å². The predicted octanol–water partition coefficient (Wildman–Crippen LogP) is 1.25. The van der Waals surface area contributed by atoms with Crippen molar-refractivity contribution >= 4 is 5.91 Å². The summed E-state index contributed by atoms with van der Waals surface area (Å²) < 4.78 is 6.95. The Morgan fingerprint density at radius 2 is 2.44 bits per heavy atom. The normalized spacial score (nSPS) is 10.5. The number of aryl methyl sites for hydroxylation is 2. The van der Waals surface area contributed by atoms with Crippen molar-refractivity contribution in [3.05, 3.63) is 36.2 Å². The zero-order chi connectivity index (χ0) is 12.8. The summed E-state index contributed by atoms with van der Waals surface area (Å²) in [7, 11) is 0. The van der Waals surface area contributed by atoms with Crippen molar-refractivity contribution in [3.63, 3.8) is 0 Å². The SMILES string of the molecule is CCc1cc(C(=O)NCCCn2ccnc2)no1. The first-order chi connectivity index (χ1) is 8.79. The molecule has 0 saturated carbocycles. The van der Waals surface area contributed by atoms with E-state index in [9.17, 15) is 4.79 Å². The average Bonchev–Trinajstić information content (AvgIpc) is 3.05. The number of carbonyl (C=O) groups is 1. The van der Waals surface area contributed by atoms with E-state index in [4.69, 9.17) is 4.52 Å². The smallest absolute Gasteiger partial charge is 0.273 e. The molecule has 0 aliphatic rings. The van der Waals surface area contributed by atoms with Crippen LogP contribution in [0.15, 0.2) is 29.3 Å². The quantitative estimate of drug-likeness (QED) is 0.781. The Labute approximate surface area is 105 Å². The maximum absolute atomic E-state index is 11.7. The van der Waals surface area contributed by atoms with Crippen LogP contribution < -0.4 is 5.32 Å². The Kier molecular flexibility index (Phi) is 4.11. The van der Waals surface area contributed by atoms with E-state index in [1.807, 2.05) is 17.7 Å². The van der Waals surface area contributed by atoms with Crippen LogP contribution in [0.5, 0.6) is 0 Å². The van der Waals surface area contributed by atoms with E-state index >= 15 is 0 Å². The first-order valence-corrected chi connectivity index (χ1v) is 5.99. The van der Waals surface area contributed by atoms with Gasteiger partial charge in [0.1, 0.15) is 5.76 Å². The third-order valence-electron chi connectivity index (χ3n) is 2.58. The number of nitrogens with one attached hydrogen (secondary N) is 1. The average molecular weight is 248 g/mol. The van der Waals surface area contributed by atoms with Gasteiger partial charge in [-0.1, -0.05) is 12.1 Å². The fourth-order valence-corrected chi connectivity index (χ4v) is 1.56. The Balaban J connectivity index is 1.71. The van der Waals surface area contributed by atoms with Crippen LogP contribution in [-0.4, -0.2) is 27.2 Å². The second kappa shape index (κ2) is 6.00. The number of hydrogen-bond donors (Lipinski definition) is 1. The highest BCUT2D eigenvalue weighted by Crippen LogP contribution is 2.03. The Morgan fingerprint density at radius 3 is 3.11 bits per heavy atom. The molecule has 0 aliphatic heterocycles. The van der Waals surface area contributed by atoms with Gasteiger partial charge >= 0.3 is 0 Å². The zero-order valence-electron chi connectivity index (χ0n) is 10.3. The largest absolute Gasteiger partial charge is 0.361 e. The lowest BCUT2D eigenvalue weighted by Gasteiger charge is -2.03. The standard InChI is InChI=1S/C12H16N4O2/c1-2-10-8-11(15-18-10)12(17)14-4-3-6-16-7-5-13-9-16/h5,7-9H,2-4,6H2,1H3,(H,14,17). The van der Waals surface area contributed by atoms with Gasteiger partial charge in [0.05, 0.1) is 6.33 Å². The van der Waals surface area contributed by atoms with Crippen molar-refractivity contribution in [2.24, 2.45) is 0 Å². The van der Waals surface area contributed by atoms with Gasteiger partial charge in [-0.2, -0.15) is 0 Å². The molecule has 0 radical (unpaired) electrons. The second-order valence-electron chi connectivity index (χ2n) is 3.94. The van der Waals surface area contributed by atoms with Gasteiger partial charge in [0.25, 0.3) is 5.91 Å². The third kappa shape index (κ3) is 3.19. The molecule has 2 aromatic rings. The molecular formula is C12H16N4O2. The molecule has 6 nitrogen and oxygen atoms in total. The molecule has 0 saturated heterocycles. The number of aromatic nitrogens is 3. The van der Waals surface area contributed by atoms with Gasteiger partial charge in [-0.3, -0.25) is 4.79 Å². The van der Waals surface area contributed by atoms with Crippen LogP contribution >= 0.6 is 0 Å².